The van der Waals surface area contributed by atoms with Crippen LogP contribution in [0.3, 0.4) is 0 Å². The van der Waals surface area contributed by atoms with Gasteiger partial charge in [0.1, 0.15) is 5.75 Å². The Bertz CT molecular complexity index is 1130. The predicted molar refractivity (Wildman–Crippen MR) is 133 cm³/mol. The second kappa shape index (κ2) is 11.3. The molecule has 2 amide bonds. The summed E-state index contributed by atoms with van der Waals surface area (Å²) in [6.45, 7) is 3.33. The van der Waals surface area contributed by atoms with E-state index in [1.165, 1.54) is 32.6 Å². The first-order valence-corrected chi connectivity index (χ1v) is 11.6. The van der Waals surface area contributed by atoms with Crippen molar-refractivity contribution >= 4 is 29.0 Å². The summed E-state index contributed by atoms with van der Waals surface area (Å²) in [5.41, 5.74) is 2.88. The first-order valence-electron chi connectivity index (χ1n) is 11.6. The molecular formula is C26H29N5O3. The standard InChI is InChI=1S/C26H29N5O3/c1-19(32)27-22-10-7-11-23(17-22)34-18-26(33)28-21-9-6-8-20(16-21)24-12-13-25(30-29-24)31-14-4-2-3-5-15-31/h6-13,16-17H,2-5,14-15,18H2,1H3,(H,27,32)(H,28,33). The molecule has 1 aliphatic rings. The smallest absolute Gasteiger partial charge is 0.262 e. The van der Waals surface area contributed by atoms with E-state index in [-0.39, 0.29) is 18.4 Å². The summed E-state index contributed by atoms with van der Waals surface area (Å²) in [4.78, 5) is 25.9. The van der Waals surface area contributed by atoms with Gasteiger partial charge in [0, 0.05) is 43.0 Å². The van der Waals surface area contributed by atoms with Crippen LogP contribution in [0.15, 0.2) is 60.7 Å². The molecule has 0 atom stereocenters. The van der Waals surface area contributed by atoms with Gasteiger partial charge in [0.2, 0.25) is 5.91 Å². The second-order valence-electron chi connectivity index (χ2n) is 8.30. The van der Waals surface area contributed by atoms with Crippen LogP contribution in [0, 0.1) is 0 Å². The number of carbonyl (C=O) groups excluding carboxylic acids is 2. The molecule has 0 saturated carbocycles. The maximum Gasteiger partial charge on any atom is 0.262 e. The van der Waals surface area contributed by atoms with Gasteiger partial charge in [0.05, 0.1) is 5.69 Å². The molecule has 2 N–H and O–H groups in total. The van der Waals surface area contributed by atoms with Crippen molar-refractivity contribution in [2.75, 3.05) is 35.2 Å². The Morgan fingerprint density at radius 3 is 2.32 bits per heavy atom. The summed E-state index contributed by atoms with van der Waals surface area (Å²) in [5, 5.41) is 14.4. The number of benzene rings is 2. The van der Waals surface area contributed by atoms with E-state index in [9.17, 15) is 9.59 Å². The molecule has 1 aliphatic heterocycles. The molecule has 1 fully saturated rings. The number of aromatic nitrogens is 2. The summed E-state index contributed by atoms with van der Waals surface area (Å²) >= 11 is 0. The Morgan fingerprint density at radius 2 is 1.62 bits per heavy atom. The Balaban J connectivity index is 1.35. The van der Waals surface area contributed by atoms with Gasteiger partial charge in [0.15, 0.2) is 12.4 Å². The highest BCUT2D eigenvalue weighted by Crippen LogP contribution is 2.23. The van der Waals surface area contributed by atoms with Crippen molar-refractivity contribution in [3.8, 4) is 17.0 Å². The fourth-order valence-electron chi connectivity index (χ4n) is 3.92. The van der Waals surface area contributed by atoms with Crippen molar-refractivity contribution in [1.29, 1.82) is 0 Å². The molecule has 2 aromatic carbocycles. The van der Waals surface area contributed by atoms with Crippen molar-refractivity contribution in [3.63, 3.8) is 0 Å². The molecule has 0 radical (unpaired) electrons. The number of carbonyl (C=O) groups is 2. The van der Waals surface area contributed by atoms with Gasteiger partial charge >= 0.3 is 0 Å². The zero-order chi connectivity index (χ0) is 23.8. The van der Waals surface area contributed by atoms with Crippen LogP contribution < -0.4 is 20.3 Å². The van der Waals surface area contributed by atoms with Gasteiger partial charge < -0.3 is 20.3 Å². The lowest BCUT2D eigenvalue weighted by Gasteiger charge is -2.20. The normalized spacial score (nSPS) is 13.6. The Labute approximate surface area is 199 Å². The maximum atomic E-state index is 12.4. The molecule has 0 unspecified atom stereocenters. The monoisotopic (exact) mass is 459 g/mol. The summed E-state index contributed by atoms with van der Waals surface area (Å²) in [5.74, 6) is 0.950. The summed E-state index contributed by atoms with van der Waals surface area (Å²) in [6.07, 6.45) is 4.93. The van der Waals surface area contributed by atoms with Gasteiger partial charge in [-0.25, -0.2) is 0 Å². The summed E-state index contributed by atoms with van der Waals surface area (Å²) < 4.78 is 5.57. The third-order valence-electron chi connectivity index (χ3n) is 5.55. The molecule has 3 aromatic rings. The van der Waals surface area contributed by atoms with Crippen LogP contribution in [0.4, 0.5) is 17.2 Å². The molecule has 4 rings (SSSR count). The Hall–Kier alpha value is -3.94. The van der Waals surface area contributed by atoms with Crippen LogP contribution >= 0.6 is 0 Å². The molecular weight excluding hydrogens is 430 g/mol. The first kappa shape index (κ1) is 23.2. The molecule has 1 saturated heterocycles. The van der Waals surface area contributed by atoms with Crippen LogP contribution in [0.1, 0.15) is 32.6 Å². The van der Waals surface area contributed by atoms with E-state index in [1.54, 1.807) is 24.3 Å². The maximum absolute atomic E-state index is 12.4. The minimum Gasteiger partial charge on any atom is -0.484 e. The Kier molecular flexibility index (Phi) is 7.70. The van der Waals surface area contributed by atoms with E-state index in [0.29, 0.717) is 17.1 Å². The largest absolute Gasteiger partial charge is 0.484 e. The van der Waals surface area contributed by atoms with Crippen molar-refractivity contribution in [2.45, 2.75) is 32.6 Å². The molecule has 34 heavy (non-hydrogen) atoms. The average Bonchev–Trinajstić information content (AvgIpc) is 3.13. The summed E-state index contributed by atoms with van der Waals surface area (Å²) in [6, 6.07) is 18.4. The number of rotatable bonds is 7. The van der Waals surface area contributed by atoms with E-state index >= 15 is 0 Å². The topological polar surface area (TPSA) is 96.4 Å². The number of hydrogen-bond donors (Lipinski definition) is 2. The van der Waals surface area contributed by atoms with E-state index < -0.39 is 0 Å². The summed E-state index contributed by atoms with van der Waals surface area (Å²) in [7, 11) is 0. The van der Waals surface area contributed by atoms with Crippen molar-refractivity contribution < 1.29 is 14.3 Å². The van der Waals surface area contributed by atoms with Gasteiger partial charge in [0.25, 0.3) is 5.91 Å². The lowest BCUT2D eigenvalue weighted by atomic mass is 10.1. The van der Waals surface area contributed by atoms with E-state index in [0.717, 1.165) is 30.2 Å². The molecule has 8 nitrogen and oxygen atoms in total. The lowest BCUT2D eigenvalue weighted by Crippen LogP contribution is -2.25. The van der Waals surface area contributed by atoms with Gasteiger partial charge in [-0.15, -0.1) is 10.2 Å². The minimum absolute atomic E-state index is 0.155. The lowest BCUT2D eigenvalue weighted by molar-refractivity contribution is -0.118. The SMILES string of the molecule is CC(=O)Nc1cccc(OCC(=O)Nc2cccc(-c3ccc(N4CCCCCC4)nn3)c2)c1. The molecule has 8 heteroatoms. The van der Waals surface area contributed by atoms with E-state index in [1.807, 2.05) is 36.4 Å². The molecule has 0 spiro atoms. The fourth-order valence-corrected chi connectivity index (χ4v) is 3.92. The quantitative estimate of drug-likeness (QED) is 0.540. The fraction of sp³-hybridized carbons (Fsp3) is 0.308. The van der Waals surface area contributed by atoms with Crippen molar-refractivity contribution in [1.82, 2.24) is 10.2 Å². The zero-order valence-electron chi connectivity index (χ0n) is 19.3. The van der Waals surface area contributed by atoms with Crippen LogP contribution in [-0.4, -0.2) is 41.7 Å². The minimum atomic E-state index is -0.287. The highest BCUT2D eigenvalue weighted by atomic mass is 16.5. The predicted octanol–water partition coefficient (Wildman–Crippen LogP) is 4.50. The Morgan fingerprint density at radius 1 is 0.882 bits per heavy atom. The number of ether oxygens (including phenoxy) is 1. The molecule has 0 aliphatic carbocycles. The van der Waals surface area contributed by atoms with Crippen LogP contribution in [0.2, 0.25) is 0 Å². The number of anilines is 3. The van der Waals surface area contributed by atoms with Gasteiger partial charge in [-0.05, 0) is 49.2 Å². The zero-order valence-corrected chi connectivity index (χ0v) is 19.3. The van der Waals surface area contributed by atoms with Gasteiger partial charge in [-0.1, -0.05) is 31.0 Å². The molecule has 2 heterocycles. The van der Waals surface area contributed by atoms with Crippen molar-refractivity contribution in [3.05, 3.63) is 60.7 Å². The van der Waals surface area contributed by atoms with Gasteiger partial charge in [-0.2, -0.15) is 0 Å². The van der Waals surface area contributed by atoms with E-state index in [2.05, 4.69) is 25.7 Å². The number of amides is 2. The third-order valence-corrected chi connectivity index (χ3v) is 5.55. The highest BCUT2D eigenvalue weighted by molar-refractivity contribution is 5.92. The first-order chi connectivity index (χ1) is 16.6. The van der Waals surface area contributed by atoms with E-state index in [4.69, 9.17) is 4.74 Å². The second-order valence-corrected chi connectivity index (χ2v) is 8.30. The van der Waals surface area contributed by atoms with Crippen LogP contribution in [-0.2, 0) is 9.59 Å². The molecule has 1 aromatic heterocycles. The third kappa shape index (κ3) is 6.54. The van der Waals surface area contributed by atoms with Crippen LogP contribution in [0.25, 0.3) is 11.3 Å². The highest BCUT2D eigenvalue weighted by Gasteiger charge is 2.12. The molecule has 176 valence electrons. The molecule has 0 bridgehead atoms. The number of hydrogen-bond acceptors (Lipinski definition) is 6. The van der Waals surface area contributed by atoms with Crippen molar-refractivity contribution in [2.24, 2.45) is 0 Å². The average molecular weight is 460 g/mol. The number of nitrogens with one attached hydrogen (secondary N) is 2. The van der Waals surface area contributed by atoms with Crippen LogP contribution in [0.5, 0.6) is 5.75 Å². The van der Waals surface area contributed by atoms with Gasteiger partial charge in [-0.3, -0.25) is 9.59 Å². The number of nitrogens with zero attached hydrogens (tertiary/aromatic N) is 3.